The summed E-state index contributed by atoms with van der Waals surface area (Å²) in [5, 5.41) is 20.5. The number of anilines is 1. The molecule has 1 saturated heterocycles. The van der Waals surface area contributed by atoms with Gasteiger partial charge in [-0.2, -0.15) is 0 Å². The minimum Gasteiger partial charge on any atom is -0.480 e. The van der Waals surface area contributed by atoms with Gasteiger partial charge >= 0.3 is 5.97 Å². The Hall–Kier alpha value is -2.64. The number of hydrogen-bond donors (Lipinski definition) is 2. The monoisotopic (exact) mass is 333 g/mol. The largest absolute Gasteiger partial charge is 0.480 e. The zero-order chi connectivity index (χ0) is 17.4. The highest BCUT2D eigenvalue weighted by atomic mass is 16.6. The number of benzene rings is 1. The maximum absolute atomic E-state index is 13.0. The summed E-state index contributed by atoms with van der Waals surface area (Å²) in [4.78, 5) is 36.3. The topological polar surface area (TPSA) is 127 Å². The number of hydrogen-bond acceptors (Lipinski definition) is 5. The van der Waals surface area contributed by atoms with Gasteiger partial charge in [0.05, 0.1) is 10.5 Å². The van der Waals surface area contributed by atoms with E-state index in [-0.39, 0.29) is 28.9 Å². The smallest absolute Gasteiger partial charge is 0.326 e. The molecule has 1 heterocycles. The molecule has 3 unspecified atom stereocenters. The molecular weight excluding hydrogens is 314 g/mol. The van der Waals surface area contributed by atoms with Gasteiger partial charge in [0.25, 0.3) is 11.6 Å². The Bertz CT molecular complexity index is 705. The molecule has 0 bridgehead atoms. The van der Waals surface area contributed by atoms with Crippen LogP contribution in [-0.4, -0.2) is 38.9 Å². The molecule has 3 rings (SSSR count). The van der Waals surface area contributed by atoms with E-state index in [0.29, 0.717) is 6.42 Å². The minimum atomic E-state index is -1.04. The molecule has 8 nitrogen and oxygen atoms in total. The van der Waals surface area contributed by atoms with Gasteiger partial charge in [0.1, 0.15) is 6.04 Å². The van der Waals surface area contributed by atoms with Crippen LogP contribution in [0.2, 0.25) is 0 Å². The standard InChI is InChI=1S/C16H19N3O5/c17-12-6-5-10(19(23)24)8-11(12)15(20)18-13-4-2-1-3-9(13)7-14(18)16(21)22/h5-6,8-9,13-14H,1-4,7,17H2,(H,21,22). The molecular formula is C16H19N3O5. The molecule has 128 valence electrons. The lowest BCUT2D eigenvalue weighted by molar-refractivity contribution is -0.384. The number of carboxylic acids is 1. The highest BCUT2D eigenvalue weighted by molar-refractivity contribution is 6.02. The number of fused-ring (bicyclic) bond motifs is 1. The van der Waals surface area contributed by atoms with E-state index in [1.54, 1.807) is 0 Å². The molecule has 1 amide bonds. The number of rotatable bonds is 3. The molecule has 24 heavy (non-hydrogen) atoms. The molecule has 1 aromatic rings. The predicted octanol–water partition coefficient (Wildman–Crippen LogP) is 2.03. The summed E-state index contributed by atoms with van der Waals surface area (Å²) in [7, 11) is 0. The summed E-state index contributed by atoms with van der Waals surface area (Å²) < 4.78 is 0. The average Bonchev–Trinajstić information content (AvgIpc) is 2.94. The normalized spacial score (nSPS) is 26.0. The fourth-order valence-electron chi connectivity index (χ4n) is 3.95. The maximum atomic E-state index is 13.0. The van der Waals surface area contributed by atoms with Gasteiger partial charge < -0.3 is 15.7 Å². The Balaban J connectivity index is 1.99. The first-order chi connectivity index (χ1) is 11.4. The van der Waals surface area contributed by atoms with Crippen LogP contribution >= 0.6 is 0 Å². The first-order valence-electron chi connectivity index (χ1n) is 7.99. The predicted molar refractivity (Wildman–Crippen MR) is 85.5 cm³/mol. The molecule has 3 atom stereocenters. The van der Waals surface area contributed by atoms with Crippen molar-refractivity contribution in [1.82, 2.24) is 4.90 Å². The van der Waals surface area contributed by atoms with Crippen molar-refractivity contribution in [3.8, 4) is 0 Å². The molecule has 2 aliphatic rings. The fourth-order valence-corrected chi connectivity index (χ4v) is 3.95. The van der Waals surface area contributed by atoms with Crippen molar-refractivity contribution in [2.75, 3.05) is 5.73 Å². The first kappa shape index (κ1) is 16.2. The van der Waals surface area contributed by atoms with Gasteiger partial charge in [-0.15, -0.1) is 0 Å². The van der Waals surface area contributed by atoms with Gasteiger partial charge in [0.15, 0.2) is 0 Å². The van der Waals surface area contributed by atoms with E-state index in [9.17, 15) is 24.8 Å². The van der Waals surface area contributed by atoms with Crippen molar-refractivity contribution in [3.05, 3.63) is 33.9 Å². The van der Waals surface area contributed by atoms with Gasteiger partial charge in [0.2, 0.25) is 0 Å². The van der Waals surface area contributed by atoms with Crippen LogP contribution in [0.25, 0.3) is 0 Å². The summed E-state index contributed by atoms with van der Waals surface area (Å²) in [6.45, 7) is 0. The van der Waals surface area contributed by atoms with Crippen molar-refractivity contribution in [2.24, 2.45) is 5.92 Å². The van der Waals surface area contributed by atoms with Crippen molar-refractivity contribution < 1.29 is 19.6 Å². The lowest BCUT2D eigenvalue weighted by atomic mass is 9.84. The quantitative estimate of drug-likeness (QED) is 0.495. The van der Waals surface area contributed by atoms with Crippen molar-refractivity contribution >= 4 is 23.3 Å². The van der Waals surface area contributed by atoms with Crippen LogP contribution in [0, 0.1) is 16.0 Å². The van der Waals surface area contributed by atoms with E-state index in [2.05, 4.69) is 0 Å². The molecule has 0 spiro atoms. The SMILES string of the molecule is Nc1ccc([N+](=O)[O-])cc1C(=O)N1C(C(=O)O)CC2CCCCC21. The number of nitrogens with zero attached hydrogens (tertiary/aromatic N) is 2. The van der Waals surface area contributed by atoms with Crippen LogP contribution < -0.4 is 5.73 Å². The van der Waals surface area contributed by atoms with E-state index in [1.165, 1.54) is 17.0 Å². The van der Waals surface area contributed by atoms with Gasteiger partial charge in [0, 0.05) is 23.9 Å². The Kier molecular flexibility index (Phi) is 4.13. The molecule has 3 N–H and O–H groups in total. The molecule has 8 heteroatoms. The third kappa shape index (κ3) is 2.68. The summed E-state index contributed by atoms with van der Waals surface area (Å²) in [6.07, 6.45) is 4.08. The minimum absolute atomic E-state index is 0.00155. The van der Waals surface area contributed by atoms with Gasteiger partial charge in [-0.3, -0.25) is 14.9 Å². The van der Waals surface area contributed by atoms with Gasteiger partial charge in [-0.25, -0.2) is 4.79 Å². The number of likely N-dealkylation sites (tertiary alicyclic amines) is 1. The summed E-state index contributed by atoms with van der Waals surface area (Å²) in [6, 6.07) is 2.64. The van der Waals surface area contributed by atoms with Crippen LogP contribution in [0.5, 0.6) is 0 Å². The van der Waals surface area contributed by atoms with Crippen LogP contribution in [0.4, 0.5) is 11.4 Å². The van der Waals surface area contributed by atoms with E-state index in [0.717, 1.165) is 31.7 Å². The number of aliphatic carboxylic acids is 1. The third-order valence-corrected chi connectivity index (χ3v) is 5.09. The Morgan fingerprint density at radius 3 is 2.67 bits per heavy atom. The van der Waals surface area contributed by atoms with Crippen LogP contribution in [0.1, 0.15) is 42.5 Å². The molecule has 1 aromatic carbocycles. The molecule has 2 fully saturated rings. The van der Waals surface area contributed by atoms with Gasteiger partial charge in [-0.1, -0.05) is 12.8 Å². The van der Waals surface area contributed by atoms with E-state index in [4.69, 9.17) is 5.73 Å². The second kappa shape index (κ2) is 6.10. The Morgan fingerprint density at radius 1 is 1.29 bits per heavy atom. The second-order valence-corrected chi connectivity index (χ2v) is 6.44. The molecule has 0 aromatic heterocycles. The number of carbonyl (C=O) groups is 2. The summed E-state index contributed by atoms with van der Waals surface area (Å²) >= 11 is 0. The number of non-ortho nitro benzene ring substituents is 1. The lowest BCUT2D eigenvalue weighted by Gasteiger charge is -2.33. The maximum Gasteiger partial charge on any atom is 0.326 e. The number of carbonyl (C=O) groups excluding carboxylic acids is 1. The Morgan fingerprint density at radius 2 is 2.00 bits per heavy atom. The van der Waals surface area contributed by atoms with E-state index in [1.807, 2.05) is 0 Å². The zero-order valence-electron chi connectivity index (χ0n) is 13.1. The summed E-state index contributed by atoms with van der Waals surface area (Å²) in [5.41, 5.74) is 5.71. The highest BCUT2D eigenvalue weighted by Gasteiger charge is 2.48. The first-order valence-corrected chi connectivity index (χ1v) is 7.99. The number of amides is 1. The van der Waals surface area contributed by atoms with Crippen molar-refractivity contribution in [3.63, 3.8) is 0 Å². The molecule has 1 saturated carbocycles. The van der Waals surface area contributed by atoms with Crippen molar-refractivity contribution in [1.29, 1.82) is 0 Å². The Labute approximate surface area is 138 Å². The highest BCUT2D eigenvalue weighted by Crippen LogP contribution is 2.41. The van der Waals surface area contributed by atoms with E-state index >= 15 is 0 Å². The number of carboxylic acid groups (broad SMARTS) is 1. The number of nitro groups is 1. The van der Waals surface area contributed by atoms with Crippen molar-refractivity contribution in [2.45, 2.75) is 44.2 Å². The lowest BCUT2D eigenvalue weighted by Crippen LogP contribution is -2.46. The summed E-state index contributed by atoms with van der Waals surface area (Å²) in [5.74, 6) is -1.40. The third-order valence-electron chi connectivity index (χ3n) is 5.09. The zero-order valence-corrected chi connectivity index (χ0v) is 13.1. The van der Waals surface area contributed by atoms with Crippen LogP contribution in [0.15, 0.2) is 18.2 Å². The molecule has 0 radical (unpaired) electrons. The molecule has 1 aliphatic carbocycles. The average molecular weight is 333 g/mol. The number of nitrogen functional groups attached to an aromatic ring is 1. The number of nitrogens with two attached hydrogens (primary N) is 1. The van der Waals surface area contributed by atoms with Crippen LogP contribution in [-0.2, 0) is 4.79 Å². The fraction of sp³-hybridized carbons (Fsp3) is 0.500. The molecule has 1 aliphatic heterocycles. The number of nitro benzene ring substituents is 1. The van der Waals surface area contributed by atoms with E-state index < -0.39 is 22.8 Å². The second-order valence-electron chi connectivity index (χ2n) is 6.44. The van der Waals surface area contributed by atoms with Crippen LogP contribution in [0.3, 0.4) is 0 Å². The van der Waals surface area contributed by atoms with Gasteiger partial charge in [-0.05, 0) is 31.2 Å².